The molecule has 0 saturated heterocycles. The van der Waals surface area contributed by atoms with Crippen LogP contribution in [0.25, 0.3) is 5.69 Å². The summed E-state index contributed by atoms with van der Waals surface area (Å²) >= 11 is 0. The molecular formula is C18H22N4O3. The molecule has 0 spiro atoms. The van der Waals surface area contributed by atoms with Crippen LogP contribution in [0.4, 0.5) is 5.69 Å². The summed E-state index contributed by atoms with van der Waals surface area (Å²) in [4.78, 5) is 29.5. The maximum absolute atomic E-state index is 12.8. The number of rotatable bonds is 4. The first kappa shape index (κ1) is 17.1. The third-order valence-corrected chi connectivity index (χ3v) is 4.89. The Bertz CT molecular complexity index is 750. The highest BCUT2D eigenvalue weighted by Gasteiger charge is 2.25. The molecule has 1 aliphatic carbocycles. The number of amides is 1. The van der Waals surface area contributed by atoms with E-state index in [9.17, 15) is 14.9 Å². The monoisotopic (exact) mass is 342 g/mol. The van der Waals surface area contributed by atoms with Gasteiger partial charge in [0.2, 0.25) is 0 Å². The van der Waals surface area contributed by atoms with Gasteiger partial charge in [0.15, 0.2) is 0 Å². The van der Waals surface area contributed by atoms with Crippen molar-refractivity contribution in [3.05, 3.63) is 52.6 Å². The van der Waals surface area contributed by atoms with Crippen molar-refractivity contribution in [3.63, 3.8) is 0 Å². The zero-order chi connectivity index (χ0) is 17.8. The van der Waals surface area contributed by atoms with Gasteiger partial charge in [-0.2, -0.15) is 0 Å². The van der Waals surface area contributed by atoms with E-state index in [1.807, 2.05) is 0 Å². The number of benzene rings is 1. The molecular weight excluding hydrogens is 320 g/mol. The fraction of sp³-hybridized carbons (Fsp3) is 0.444. The van der Waals surface area contributed by atoms with Gasteiger partial charge in [0.25, 0.3) is 11.6 Å². The van der Waals surface area contributed by atoms with Gasteiger partial charge in [0, 0.05) is 37.1 Å². The van der Waals surface area contributed by atoms with Crippen LogP contribution in [0.15, 0.2) is 36.9 Å². The van der Waals surface area contributed by atoms with Gasteiger partial charge in [-0.05, 0) is 25.0 Å². The van der Waals surface area contributed by atoms with Crippen LogP contribution in [0.2, 0.25) is 0 Å². The average Bonchev–Trinajstić information content (AvgIpc) is 3.02. The largest absolute Gasteiger partial charge is 0.339 e. The molecule has 1 saturated carbocycles. The third kappa shape index (κ3) is 3.70. The first-order chi connectivity index (χ1) is 12.1. The van der Waals surface area contributed by atoms with Crippen LogP contribution in [0.3, 0.4) is 0 Å². The van der Waals surface area contributed by atoms with Crippen molar-refractivity contribution in [1.82, 2.24) is 14.5 Å². The average molecular weight is 342 g/mol. The molecule has 132 valence electrons. The summed E-state index contributed by atoms with van der Waals surface area (Å²) in [7, 11) is 1.80. The van der Waals surface area contributed by atoms with E-state index in [1.54, 1.807) is 41.0 Å². The molecule has 2 aromatic rings. The summed E-state index contributed by atoms with van der Waals surface area (Å²) in [6.45, 7) is 0. The van der Waals surface area contributed by atoms with Crippen molar-refractivity contribution in [2.45, 2.75) is 44.6 Å². The second-order valence-corrected chi connectivity index (χ2v) is 6.49. The molecule has 0 N–H and O–H groups in total. The number of hydrogen-bond acceptors (Lipinski definition) is 4. The third-order valence-electron chi connectivity index (χ3n) is 4.89. The van der Waals surface area contributed by atoms with Gasteiger partial charge in [-0.1, -0.05) is 25.7 Å². The lowest BCUT2D eigenvalue weighted by Gasteiger charge is -2.27. The van der Waals surface area contributed by atoms with Crippen LogP contribution in [-0.2, 0) is 0 Å². The number of nitro benzene ring substituents is 1. The van der Waals surface area contributed by atoms with Gasteiger partial charge in [-0.15, -0.1) is 0 Å². The quantitative estimate of drug-likeness (QED) is 0.483. The molecule has 0 aliphatic heterocycles. The van der Waals surface area contributed by atoms with Crippen molar-refractivity contribution in [3.8, 4) is 5.69 Å². The zero-order valence-electron chi connectivity index (χ0n) is 14.3. The van der Waals surface area contributed by atoms with Crippen molar-refractivity contribution in [2.75, 3.05) is 7.05 Å². The van der Waals surface area contributed by atoms with Gasteiger partial charge in [-0.3, -0.25) is 14.9 Å². The highest BCUT2D eigenvalue weighted by atomic mass is 16.6. The molecule has 1 aliphatic rings. The number of carbonyl (C=O) groups excluding carboxylic acids is 1. The van der Waals surface area contributed by atoms with E-state index in [4.69, 9.17) is 0 Å². The maximum atomic E-state index is 12.8. The fourth-order valence-electron chi connectivity index (χ4n) is 3.44. The Labute approximate surface area is 146 Å². The van der Waals surface area contributed by atoms with Gasteiger partial charge in [-0.25, -0.2) is 4.98 Å². The topological polar surface area (TPSA) is 81.3 Å². The summed E-state index contributed by atoms with van der Waals surface area (Å²) in [5, 5.41) is 11.5. The molecule has 1 fully saturated rings. The van der Waals surface area contributed by atoms with E-state index in [2.05, 4.69) is 4.98 Å². The molecule has 0 radical (unpaired) electrons. The van der Waals surface area contributed by atoms with Crippen LogP contribution in [0.1, 0.15) is 48.9 Å². The summed E-state index contributed by atoms with van der Waals surface area (Å²) < 4.78 is 1.57. The predicted octanol–water partition coefficient (Wildman–Crippen LogP) is 3.58. The van der Waals surface area contributed by atoms with Gasteiger partial charge < -0.3 is 9.47 Å². The molecule has 1 amide bonds. The fourth-order valence-corrected chi connectivity index (χ4v) is 3.44. The number of hydrogen-bond donors (Lipinski definition) is 0. The Morgan fingerprint density at radius 3 is 2.60 bits per heavy atom. The molecule has 1 heterocycles. The molecule has 0 bridgehead atoms. The van der Waals surface area contributed by atoms with E-state index >= 15 is 0 Å². The first-order valence-electron chi connectivity index (χ1n) is 8.62. The minimum atomic E-state index is -0.461. The number of nitro groups is 1. The van der Waals surface area contributed by atoms with Crippen LogP contribution in [0, 0.1) is 10.1 Å². The molecule has 0 unspecified atom stereocenters. The summed E-state index contributed by atoms with van der Waals surface area (Å²) in [6, 6.07) is 4.83. The van der Waals surface area contributed by atoms with Crippen LogP contribution in [-0.4, -0.2) is 38.4 Å². The van der Waals surface area contributed by atoms with Crippen molar-refractivity contribution < 1.29 is 9.72 Å². The lowest BCUT2D eigenvalue weighted by molar-refractivity contribution is -0.384. The summed E-state index contributed by atoms with van der Waals surface area (Å²) in [6.07, 6.45) is 11.4. The van der Waals surface area contributed by atoms with Crippen molar-refractivity contribution >= 4 is 11.6 Å². The summed E-state index contributed by atoms with van der Waals surface area (Å²) in [5.41, 5.74) is 0.650. The Morgan fingerprint density at radius 1 is 1.28 bits per heavy atom. The molecule has 25 heavy (non-hydrogen) atoms. The number of carbonyl (C=O) groups is 1. The highest BCUT2D eigenvalue weighted by molar-refractivity contribution is 5.95. The Hall–Kier alpha value is -2.70. The van der Waals surface area contributed by atoms with E-state index < -0.39 is 4.92 Å². The summed E-state index contributed by atoms with van der Waals surface area (Å²) in [5.74, 6) is -0.160. The van der Waals surface area contributed by atoms with E-state index in [1.165, 1.54) is 25.2 Å². The zero-order valence-corrected chi connectivity index (χ0v) is 14.3. The smallest absolute Gasteiger partial charge is 0.294 e. The number of aromatic nitrogens is 2. The van der Waals surface area contributed by atoms with Crippen LogP contribution >= 0.6 is 0 Å². The van der Waals surface area contributed by atoms with E-state index in [0.29, 0.717) is 11.3 Å². The Morgan fingerprint density at radius 2 is 2.00 bits per heavy atom. The second-order valence-electron chi connectivity index (χ2n) is 6.49. The van der Waals surface area contributed by atoms with Gasteiger partial charge in [0.05, 0.1) is 11.3 Å². The number of imidazole rings is 1. The molecule has 1 aromatic carbocycles. The maximum Gasteiger partial charge on any atom is 0.294 e. The highest BCUT2D eigenvalue weighted by Crippen LogP contribution is 2.27. The molecule has 1 aromatic heterocycles. The van der Waals surface area contributed by atoms with E-state index in [-0.39, 0.29) is 17.6 Å². The first-order valence-corrected chi connectivity index (χ1v) is 8.62. The normalized spacial score (nSPS) is 15.6. The predicted molar refractivity (Wildman–Crippen MR) is 93.8 cm³/mol. The SMILES string of the molecule is CN(C(=O)c1ccc(-n2ccnc2)c([N+](=O)[O-])c1)C1CCCCCC1. The lowest BCUT2D eigenvalue weighted by atomic mass is 10.1. The van der Waals surface area contributed by atoms with Gasteiger partial charge in [0.1, 0.15) is 5.69 Å². The van der Waals surface area contributed by atoms with Crippen molar-refractivity contribution in [2.24, 2.45) is 0 Å². The Balaban J connectivity index is 1.87. The van der Waals surface area contributed by atoms with E-state index in [0.717, 1.165) is 25.7 Å². The molecule has 7 heteroatoms. The minimum Gasteiger partial charge on any atom is -0.339 e. The molecule has 3 rings (SSSR count). The minimum absolute atomic E-state index is 0.0990. The lowest BCUT2D eigenvalue weighted by Crippen LogP contribution is -2.36. The number of nitrogens with zero attached hydrogens (tertiary/aromatic N) is 4. The van der Waals surface area contributed by atoms with Crippen LogP contribution in [0.5, 0.6) is 0 Å². The Kier molecular flexibility index (Phi) is 5.11. The second kappa shape index (κ2) is 7.46. The van der Waals surface area contributed by atoms with Gasteiger partial charge >= 0.3 is 0 Å². The van der Waals surface area contributed by atoms with Crippen molar-refractivity contribution in [1.29, 1.82) is 0 Å². The standard InChI is InChI=1S/C18H22N4O3/c1-20(15-6-4-2-3-5-7-15)18(23)14-8-9-16(17(12-14)22(24)25)21-11-10-19-13-21/h8-13,15H,2-7H2,1H3. The van der Waals surface area contributed by atoms with Crippen LogP contribution < -0.4 is 0 Å². The molecule has 7 nitrogen and oxygen atoms in total. The molecule has 0 atom stereocenters.